The molecule has 0 aliphatic carbocycles. The SMILES string of the molecule is Cc1cccc(NC(=O)c2nc(-c3ccccc3)n(-c3ccc(F)cc3)n2)c1C. The van der Waals surface area contributed by atoms with Gasteiger partial charge in [-0.2, -0.15) is 0 Å². The van der Waals surface area contributed by atoms with E-state index in [2.05, 4.69) is 15.4 Å². The molecule has 1 amide bonds. The number of aryl methyl sites for hydroxylation is 1. The van der Waals surface area contributed by atoms with Crippen LogP contribution in [0.4, 0.5) is 10.1 Å². The lowest BCUT2D eigenvalue weighted by molar-refractivity contribution is 0.101. The Morgan fingerprint density at radius 2 is 1.66 bits per heavy atom. The second-order valence-corrected chi connectivity index (χ2v) is 6.71. The molecule has 0 aliphatic heterocycles. The van der Waals surface area contributed by atoms with Crippen LogP contribution in [0.15, 0.2) is 72.8 Å². The number of aromatic nitrogens is 3. The Kier molecular flexibility index (Phi) is 4.91. The molecule has 0 bridgehead atoms. The Balaban J connectivity index is 1.75. The number of hydrogen-bond acceptors (Lipinski definition) is 3. The lowest BCUT2D eigenvalue weighted by atomic mass is 10.1. The van der Waals surface area contributed by atoms with Crippen LogP contribution in [0, 0.1) is 19.7 Å². The van der Waals surface area contributed by atoms with Gasteiger partial charge in [-0.3, -0.25) is 4.79 Å². The van der Waals surface area contributed by atoms with Crippen molar-refractivity contribution in [1.29, 1.82) is 0 Å². The van der Waals surface area contributed by atoms with Crippen molar-refractivity contribution in [2.24, 2.45) is 0 Å². The van der Waals surface area contributed by atoms with Crippen molar-refractivity contribution < 1.29 is 9.18 Å². The van der Waals surface area contributed by atoms with E-state index in [4.69, 9.17) is 0 Å². The van der Waals surface area contributed by atoms with E-state index >= 15 is 0 Å². The third kappa shape index (κ3) is 3.78. The Hall–Kier alpha value is -3.80. The fourth-order valence-corrected chi connectivity index (χ4v) is 3.01. The maximum absolute atomic E-state index is 13.4. The van der Waals surface area contributed by atoms with Gasteiger partial charge in [0.05, 0.1) is 5.69 Å². The van der Waals surface area contributed by atoms with Crippen molar-refractivity contribution in [3.8, 4) is 17.1 Å². The monoisotopic (exact) mass is 386 g/mol. The zero-order valence-electron chi connectivity index (χ0n) is 16.1. The highest BCUT2D eigenvalue weighted by molar-refractivity contribution is 6.02. The first-order valence-corrected chi connectivity index (χ1v) is 9.19. The van der Waals surface area contributed by atoms with Crippen LogP contribution in [-0.2, 0) is 0 Å². The molecule has 3 aromatic carbocycles. The molecular weight excluding hydrogens is 367 g/mol. The number of halogens is 1. The van der Waals surface area contributed by atoms with Crippen LogP contribution in [0.5, 0.6) is 0 Å². The van der Waals surface area contributed by atoms with Gasteiger partial charge >= 0.3 is 0 Å². The van der Waals surface area contributed by atoms with E-state index in [1.54, 1.807) is 16.8 Å². The number of rotatable bonds is 4. The molecule has 0 saturated carbocycles. The molecule has 0 spiro atoms. The molecule has 1 heterocycles. The van der Waals surface area contributed by atoms with Crippen LogP contribution in [0.25, 0.3) is 17.1 Å². The van der Waals surface area contributed by atoms with E-state index < -0.39 is 5.91 Å². The van der Waals surface area contributed by atoms with Gasteiger partial charge in [-0.05, 0) is 55.3 Å². The highest BCUT2D eigenvalue weighted by Crippen LogP contribution is 2.23. The molecule has 1 aromatic heterocycles. The summed E-state index contributed by atoms with van der Waals surface area (Å²) in [4.78, 5) is 17.3. The van der Waals surface area contributed by atoms with Crippen LogP contribution in [0.1, 0.15) is 21.7 Å². The predicted octanol–water partition coefficient (Wildman–Crippen LogP) is 4.94. The van der Waals surface area contributed by atoms with Crippen molar-refractivity contribution in [3.05, 3.63) is 95.6 Å². The summed E-state index contributed by atoms with van der Waals surface area (Å²) < 4.78 is 14.9. The van der Waals surface area contributed by atoms with E-state index in [9.17, 15) is 9.18 Å². The highest BCUT2D eigenvalue weighted by Gasteiger charge is 2.19. The summed E-state index contributed by atoms with van der Waals surface area (Å²) in [5.41, 5.74) is 4.20. The van der Waals surface area contributed by atoms with E-state index in [1.807, 2.05) is 62.4 Å². The highest BCUT2D eigenvalue weighted by atomic mass is 19.1. The minimum atomic E-state index is -0.406. The zero-order valence-corrected chi connectivity index (χ0v) is 16.1. The van der Waals surface area contributed by atoms with Crippen LogP contribution < -0.4 is 5.32 Å². The Morgan fingerprint density at radius 3 is 2.38 bits per heavy atom. The van der Waals surface area contributed by atoms with Gasteiger partial charge in [-0.1, -0.05) is 42.5 Å². The average molecular weight is 386 g/mol. The lowest BCUT2D eigenvalue weighted by Crippen LogP contribution is -2.15. The van der Waals surface area contributed by atoms with Crippen LogP contribution >= 0.6 is 0 Å². The largest absolute Gasteiger partial charge is 0.319 e. The third-order valence-corrected chi connectivity index (χ3v) is 4.77. The number of benzene rings is 3. The summed E-state index contributed by atoms with van der Waals surface area (Å²) >= 11 is 0. The first kappa shape index (κ1) is 18.6. The molecule has 0 fully saturated rings. The van der Waals surface area contributed by atoms with Crippen molar-refractivity contribution in [2.75, 3.05) is 5.32 Å². The second-order valence-electron chi connectivity index (χ2n) is 6.71. The first-order chi connectivity index (χ1) is 14.0. The van der Waals surface area contributed by atoms with Gasteiger partial charge in [0.15, 0.2) is 5.82 Å². The maximum atomic E-state index is 13.4. The third-order valence-electron chi connectivity index (χ3n) is 4.77. The van der Waals surface area contributed by atoms with E-state index in [-0.39, 0.29) is 11.6 Å². The fourth-order valence-electron chi connectivity index (χ4n) is 3.01. The molecule has 4 aromatic rings. The van der Waals surface area contributed by atoms with E-state index in [0.29, 0.717) is 11.5 Å². The number of anilines is 1. The van der Waals surface area contributed by atoms with Crippen LogP contribution in [0.2, 0.25) is 0 Å². The quantitative estimate of drug-likeness (QED) is 0.540. The number of carbonyl (C=O) groups excluding carboxylic acids is 1. The molecule has 144 valence electrons. The normalized spacial score (nSPS) is 10.7. The van der Waals surface area contributed by atoms with Gasteiger partial charge in [0.25, 0.3) is 5.91 Å². The maximum Gasteiger partial charge on any atom is 0.295 e. The van der Waals surface area contributed by atoms with E-state index in [1.165, 1.54) is 12.1 Å². The van der Waals surface area contributed by atoms with Crippen LogP contribution in [-0.4, -0.2) is 20.7 Å². The number of nitrogens with zero attached hydrogens (tertiary/aromatic N) is 3. The topological polar surface area (TPSA) is 59.8 Å². The molecule has 6 heteroatoms. The number of amides is 1. The van der Waals surface area contributed by atoms with Crippen LogP contribution in [0.3, 0.4) is 0 Å². The fraction of sp³-hybridized carbons (Fsp3) is 0.0870. The minimum absolute atomic E-state index is 0.0362. The molecule has 0 unspecified atom stereocenters. The smallest absolute Gasteiger partial charge is 0.295 e. The molecule has 4 rings (SSSR count). The summed E-state index contributed by atoms with van der Waals surface area (Å²) in [6.07, 6.45) is 0. The number of hydrogen-bond donors (Lipinski definition) is 1. The van der Waals surface area contributed by atoms with Gasteiger partial charge in [0, 0.05) is 11.3 Å². The Labute approximate surface area is 167 Å². The molecule has 0 saturated heterocycles. The zero-order chi connectivity index (χ0) is 20.4. The molecule has 29 heavy (non-hydrogen) atoms. The Morgan fingerprint density at radius 1 is 0.931 bits per heavy atom. The van der Waals surface area contributed by atoms with E-state index in [0.717, 1.165) is 22.4 Å². The first-order valence-electron chi connectivity index (χ1n) is 9.19. The number of carbonyl (C=O) groups is 1. The molecule has 1 N–H and O–H groups in total. The van der Waals surface area contributed by atoms with Crippen molar-refractivity contribution in [1.82, 2.24) is 14.8 Å². The minimum Gasteiger partial charge on any atom is -0.319 e. The predicted molar refractivity (Wildman–Crippen MR) is 111 cm³/mol. The van der Waals surface area contributed by atoms with Gasteiger partial charge in [-0.25, -0.2) is 14.1 Å². The molecule has 0 aliphatic rings. The van der Waals surface area contributed by atoms with Crippen molar-refractivity contribution >= 4 is 11.6 Å². The molecule has 5 nitrogen and oxygen atoms in total. The summed E-state index contributed by atoms with van der Waals surface area (Å²) in [5, 5.41) is 7.29. The van der Waals surface area contributed by atoms with Gasteiger partial charge in [-0.15, -0.1) is 5.10 Å². The summed E-state index contributed by atoms with van der Waals surface area (Å²) in [6, 6.07) is 21.1. The summed E-state index contributed by atoms with van der Waals surface area (Å²) in [6.45, 7) is 3.94. The average Bonchev–Trinajstić information content (AvgIpc) is 3.18. The number of nitrogens with one attached hydrogen (secondary N) is 1. The summed E-state index contributed by atoms with van der Waals surface area (Å²) in [5.74, 6) is -0.211. The molecule has 0 radical (unpaired) electrons. The summed E-state index contributed by atoms with van der Waals surface area (Å²) in [7, 11) is 0. The van der Waals surface area contributed by atoms with Crippen molar-refractivity contribution in [3.63, 3.8) is 0 Å². The molecule has 0 atom stereocenters. The molecular formula is C23H19FN4O. The van der Waals surface area contributed by atoms with Crippen molar-refractivity contribution in [2.45, 2.75) is 13.8 Å². The lowest BCUT2D eigenvalue weighted by Gasteiger charge is -2.08. The standard InChI is InChI=1S/C23H19FN4O/c1-15-7-6-10-20(16(15)2)25-23(29)21-26-22(17-8-4-3-5-9-17)28(27-21)19-13-11-18(24)12-14-19/h3-14H,1-2H3,(H,25,29). The van der Waals surface area contributed by atoms with Gasteiger partial charge in [0.1, 0.15) is 5.82 Å². The second kappa shape index (κ2) is 7.67. The Bertz CT molecular complexity index is 1170. The van der Waals surface area contributed by atoms with Gasteiger partial charge in [0.2, 0.25) is 5.82 Å². The van der Waals surface area contributed by atoms with Gasteiger partial charge < -0.3 is 5.32 Å².